The average molecular weight is 466 g/mol. The largest absolute Gasteiger partial charge is 0.416 e. The summed E-state index contributed by atoms with van der Waals surface area (Å²) in [6.45, 7) is 0. The van der Waals surface area contributed by atoms with Gasteiger partial charge in [0.2, 0.25) is 16.0 Å². The highest BCUT2D eigenvalue weighted by molar-refractivity contribution is 7.91. The second kappa shape index (κ2) is 7.75. The van der Waals surface area contributed by atoms with Crippen molar-refractivity contribution in [1.82, 2.24) is 19.9 Å². The van der Waals surface area contributed by atoms with Crippen molar-refractivity contribution in [3.05, 3.63) is 60.2 Å². The summed E-state index contributed by atoms with van der Waals surface area (Å²) in [4.78, 5) is 14.9. The van der Waals surface area contributed by atoms with Crippen molar-refractivity contribution in [2.24, 2.45) is 0 Å². The van der Waals surface area contributed by atoms with E-state index in [2.05, 4.69) is 30.0 Å². The van der Waals surface area contributed by atoms with Gasteiger partial charge in [0.15, 0.2) is 0 Å². The van der Waals surface area contributed by atoms with Crippen LogP contribution in [0.25, 0.3) is 22.4 Å². The summed E-state index contributed by atoms with van der Waals surface area (Å²) in [6.07, 6.45) is -0.954. The van der Waals surface area contributed by atoms with E-state index in [0.29, 0.717) is 16.8 Å². The highest BCUT2D eigenvalue weighted by atomic mass is 32.2. The first-order valence-corrected chi connectivity index (χ1v) is 10.8. The lowest BCUT2D eigenvalue weighted by molar-refractivity contribution is -0.137. The van der Waals surface area contributed by atoms with Gasteiger partial charge in [-0.25, -0.2) is 27.8 Å². The zero-order chi connectivity index (χ0) is 23.1. The predicted octanol–water partition coefficient (Wildman–Crippen LogP) is 4.29. The Morgan fingerprint density at radius 3 is 2.28 bits per heavy atom. The molecule has 4 rings (SSSR count). The third-order valence-corrected chi connectivity index (χ3v) is 4.82. The van der Waals surface area contributed by atoms with Gasteiger partial charge in [0.1, 0.15) is 11.6 Å². The van der Waals surface area contributed by atoms with E-state index in [-0.39, 0.29) is 23.0 Å². The molecule has 2 aromatic carbocycles. The molecular formula is C19H14F4N6O2S. The number of fused-ring (bicyclic) bond motifs is 1. The van der Waals surface area contributed by atoms with E-state index in [0.717, 1.165) is 18.4 Å². The van der Waals surface area contributed by atoms with E-state index in [4.69, 9.17) is 0 Å². The number of benzene rings is 2. The maximum Gasteiger partial charge on any atom is 0.416 e. The summed E-state index contributed by atoms with van der Waals surface area (Å²) in [5, 5.41) is 2.78. The Labute approximate surface area is 178 Å². The van der Waals surface area contributed by atoms with Crippen LogP contribution in [0.15, 0.2) is 48.8 Å². The van der Waals surface area contributed by atoms with E-state index >= 15 is 0 Å². The Morgan fingerprint density at radius 1 is 1.03 bits per heavy atom. The number of aromatic amines is 1. The number of nitrogens with one attached hydrogen (secondary N) is 3. The molecule has 0 fully saturated rings. The minimum absolute atomic E-state index is 0.0625. The molecule has 2 aromatic heterocycles. The van der Waals surface area contributed by atoms with Gasteiger partial charge in [-0.2, -0.15) is 13.2 Å². The molecule has 8 nitrogen and oxygen atoms in total. The van der Waals surface area contributed by atoms with Gasteiger partial charge < -0.3 is 10.3 Å². The molecular weight excluding hydrogens is 452 g/mol. The molecule has 0 bridgehead atoms. The highest BCUT2D eigenvalue weighted by Gasteiger charge is 2.30. The number of alkyl halides is 3. The smallest absolute Gasteiger partial charge is 0.351 e. The molecule has 0 aliphatic rings. The van der Waals surface area contributed by atoms with Crippen LogP contribution in [0.2, 0.25) is 0 Å². The van der Waals surface area contributed by atoms with Crippen LogP contribution in [0.4, 0.5) is 34.9 Å². The van der Waals surface area contributed by atoms with Crippen molar-refractivity contribution in [2.45, 2.75) is 6.18 Å². The molecule has 3 N–H and O–H groups in total. The summed E-state index contributed by atoms with van der Waals surface area (Å²) < 4.78 is 77.3. The quantitative estimate of drug-likeness (QED) is 0.378. The first-order valence-electron chi connectivity index (χ1n) is 8.92. The number of nitrogens with zero attached hydrogens (tertiary/aromatic N) is 3. The van der Waals surface area contributed by atoms with Crippen LogP contribution in [0.1, 0.15) is 5.56 Å². The molecule has 32 heavy (non-hydrogen) atoms. The SMILES string of the molecule is CS(=O)(=O)Nc1ncc(Nc2cc3[nH]c(-c4ccc(C(F)(F)F)cc4)nc3cc2F)cn1. The molecule has 13 heteroatoms. The molecule has 0 aliphatic carbocycles. The normalized spacial score (nSPS) is 12.2. The van der Waals surface area contributed by atoms with Crippen LogP contribution in [0, 0.1) is 5.82 Å². The molecule has 0 amide bonds. The standard InChI is InChI=1S/C19H14F4N6O2S/c1-32(30,31)29-18-24-8-12(9-25-18)26-14-7-16-15(6-13(14)20)27-17(28-16)10-2-4-11(5-3-10)19(21,22)23/h2-9,26H,1H3,(H,27,28)(H,24,25,29). The molecule has 4 aromatic rings. The number of anilines is 3. The minimum Gasteiger partial charge on any atom is -0.351 e. The number of aromatic nitrogens is 4. The van der Waals surface area contributed by atoms with E-state index in [9.17, 15) is 26.0 Å². The summed E-state index contributed by atoms with van der Waals surface area (Å²) in [5.41, 5.74) is 0.714. The average Bonchev–Trinajstić information content (AvgIpc) is 3.11. The predicted molar refractivity (Wildman–Crippen MR) is 110 cm³/mol. The summed E-state index contributed by atoms with van der Waals surface area (Å²) in [6, 6.07) is 7.05. The second-order valence-corrected chi connectivity index (χ2v) is 8.55. The maximum atomic E-state index is 14.5. The lowest BCUT2D eigenvalue weighted by Crippen LogP contribution is -2.12. The number of halogens is 4. The molecule has 0 radical (unpaired) electrons. The molecule has 0 spiro atoms. The van der Waals surface area contributed by atoms with E-state index in [1.54, 1.807) is 0 Å². The number of hydrogen-bond donors (Lipinski definition) is 3. The van der Waals surface area contributed by atoms with Crippen molar-refractivity contribution >= 4 is 38.4 Å². The lowest BCUT2D eigenvalue weighted by Gasteiger charge is -2.08. The van der Waals surface area contributed by atoms with Gasteiger partial charge in [-0.15, -0.1) is 0 Å². The Bertz CT molecular complexity index is 1380. The topological polar surface area (TPSA) is 113 Å². The van der Waals surface area contributed by atoms with Gasteiger partial charge in [-0.1, -0.05) is 12.1 Å². The third kappa shape index (κ3) is 4.77. The Balaban J connectivity index is 1.59. The number of H-pyrrole nitrogens is 1. The van der Waals surface area contributed by atoms with Crippen molar-refractivity contribution in [3.63, 3.8) is 0 Å². The molecule has 0 atom stereocenters. The minimum atomic E-state index is -4.45. The van der Waals surface area contributed by atoms with Crippen LogP contribution < -0.4 is 10.0 Å². The zero-order valence-electron chi connectivity index (χ0n) is 16.2. The lowest BCUT2D eigenvalue weighted by atomic mass is 10.1. The van der Waals surface area contributed by atoms with E-state index in [1.165, 1.54) is 36.7 Å². The van der Waals surface area contributed by atoms with Crippen LogP contribution in [-0.2, 0) is 16.2 Å². The fraction of sp³-hybridized carbons (Fsp3) is 0.105. The highest BCUT2D eigenvalue weighted by Crippen LogP contribution is 2.31. The van der Waals surface area contributed by atoms with Crippen LogP contribution in [-0.4, -0.2) is 34.6 Å². The van der Waals surface area contributed by atoms with Crippen molar-refractivity contribution in [2.75, 3.05) is 16.3 Å². The van der Waals surface area contributed by atoms with Crippen LogP contribution in [0.3, 0.4) is 0 Å². The molecule has 2 heterocycles. The number of rotatable bonds is 5. The summed E-state index contributed by atoms with van der Waals surface area (Å²) >= 11 is 0. The van der Waals surface area contributed by atoms with Gasteiger partial charge in [-0.3, -0.25) is 4.72 Å². The van der Waals surface area contributed by atoms with Gasteiger partial charge in [0.25, 0.3) is 0 Å². The second-order valence-electron chi connectivity index (χ2n) is 6.80. The molecule has 0 aliphatic heterocycles. The van der Waals surface area contributed by atoms with Gasteiger partial charge in [-0.05, 0) is 18.2 Å². The van der Waals surface area contributed by atoms with Crippen LogP contribution >= 0.6 is 0 Å². The molecule has 166 valence electrons. The third-order valence-electron chi connectivity index (χ3n) is 4.26. The van der Waals surface area contributed by atoms with Crippen molar-refractivity contribution < 1.29 is 26.0 Å². The fourth-order valence-corrected chi connectivity index (χ4v) is 3.28. The molecule has 0 unspecified atom stereocenters. The van der Waals surface area contributed by atoms with E-state index in [1.807, 2.05) is 0 Å². The summed E-state index contributed by atoms with van der Waals surface area (Å²) in [5.74, 6) is -0.491. The Hall–Kier alpha value is -3.74. The van der Waals surface area contributed by atoms with Gasteiger partial charge >= 0.3 is 6.18 Å². The Morgan fingerprint density at radius 2 is 1.69 bits per heavy atom. The first kappa shape index (κ1) is 21.5. The summed E-state index contributed by atoms with van der Waals surface area (Å²) in [7, 11) is -3.53. The zero-order valence-corrected chi connectivity index (χ0v) is 17.0. The molecule has 0 saturated carbocycles. The van der Waals surface area contributed by atoms with Crippen LogP contribution in [0.5, 0.6) is 0 Å². The van der Waals surface area contributed by atoms with Gasteiger partial charge in [0.05, 0.1) is 46.6 Å². The number of imidazole rings is 1. The Kier molecular flexibility index (Phi) is 5.20. The first-order chi connectivity index (χ1) is 15.0. The van der Waals surface area contributed by atoms with Crippen molar-refractivity contribution in [3.8, 4) is 11.4 Å². The fourth-order valence-electron chi connectivity index (χ4n) is 2.85. The van der Waals surface area contributed by atoms with Crippen molar-refractivity contribution in [1.29, 1.82) is 0 Å². The van der Waals surface area contributed by atoms with Gasteiger partial charge in [0, 0.05) is 11.6 Å². The number of sulfonamides is 1. The monoisotopic (exact) mass is 466 g/mol. The maximum absolute atomic E-state index is 14.5. The number of hydrogen-bond acceptors (Lipinski definition) is 6. The van der Waals surface area contributed by atoms with E-state index < -0.39 is 27.6 Å². The molecule has 0 saturated heterocycles.